The summed E-state index contributed by atoms with van der Waals surface area (Å²) in [5.74, 6) is 6.91. The molecule has 1 aliphatic rings. The molecule has 0 saturated heterocycles. The molecule has 1 atom stereocenters. The van der Waals surface area contributed by atoms with Crippen molar-refractivity contribution < 1.29 is 0 Å². The van der Waals surface area contributed by atoms with E-state index in [4.69, 9.17) is 0 Å². The van der Waals surface area contributed by atoms with Gasteiger partial charge < -0.3 is 0 Å². The topological polar surface area (TPSA) is 0 Å². The molecule has 0 saturated carbocycles. The molecule has 1 aliphatic carbocycles. The van der Waals surface area contributed by atoms with E-state index in [9.17, 15) is 0 Å². The molecule has 1 unspecified atom stereocenters. The minimum Gasteiger partial charge on any atom is -0.102 e. The van der Waals surface area contributed by atoms with Gasteiger partial charge in [-0.1, -0.05) is 87.1 Å². The summed E-state index contributed by atoms with van der Waals surface area (Å²) in [5.41, 5.74) is 5.13. The number of hydrogen-bond acceptors (Lipinski definition) is 0. The predicted octanol–water partition coefficient (Wildman–Crippen LogP) is 6.23. The zero-order valence-corrected chi connectivity index (χ0v) is 18.0. The van der Waals surface area contributed by atoms with Crippen molar-refractivity contribution in [1.82, 2.24) is 0 Å². The van der Waals surface area contributed by atoms with Crippen LogP contribution in [0.25, 0.3) is 29.0 Å². The minimum atomic E-state index is 0.464. The monoisotopic (exact) mass is 378 g/mol. The zero-order chi connectivity index (χ0) is 20.8. The van der Waals surface area contributed by atoms with Crippen LogP contribution in [0.2, 0.25) is 0 Å². The van der Waals surface area contributed by atoms with Crippen LogP contribution in [0.15, 0.2) is 66.3 Å². The normalized spacial score (nSPS) is 16.0. The van der Waals surface area contributed by atoms with Crippen LogP contribution in [-0.4, -0.2) is 0 Å². The summed E-state index contributed by atoms with van der Waals surface area (Å²) in [6, 6.07) is 9.04. The first-order chi connectivity index (χ1) is 14.1. The molecule has 29 heavy (non-hydrogen) atoms. The number of rotatable bonds is 5. The van der Waals surface area contributed by atoms with Gasteiger partial charge in [0.1, 0.15) is 0 Å². The van der Waals surface area contributed by atoms with Crippen molar-refractivity contribution in [3.63, 3.8) is 0 Å². The number of fused-ring (bicyclic) bond motifs is 3. The number of aryl methyl sites for hydroxylation is 1. The van der Waals surface area contributed by atoms with E-state index in [0.717, 1.165) is 12.8 Å². The van der Waals surface area contributed by atoms with E-state index in [-0.39, 0.29) is 0 Å². The Morgan fingerprint density at radius 2 is 1.97 bits per heavy atom. The molecule has 146 valence electrons. The quantitative estimate of drug-likeness (QED) is 0.427. The number of allylic oxidation sites excluding steroid dienone is 6. The maximum absolute atomic E-state index is 3.73. The average Bonchev–Trinajstić information content (AvgIpc) is 2.74. The van der Waals surface area contributed by atoms with Gasteiger partial charge in [-0.05, 0) is 76.6 Å². The van der Waals surface area contributed by atoms with Crippen molar-refractivity contribution in [3.8, 4) is 11.8 Å². The summed E-state index contributed by atoms with van der Waals surface area (Å²) in [6.45, 7) is 12.3. The largest absolute Gasteiger partial charge is 0.102 e. The van der Waals surface area contributed by atoms with Gasteiger partial charge in [-0.3, -0.25) is 0 Å². The van der Waals surface area contributed by atoms with Crippen molar-refractivity contribution in [2.24, 2.45) is 5.92 Å². The fourth-order valence-electron chi connectivity index (χ4n) is 3.80. The molecule has 0 fully saturated rings. The van der Waals surface area contributed by atoms with E-state index in [0.29, 0.717) is 5.92 Å². The fraction of sp³-hybridized carbons (Fsp3) is 0.241. The Kier molecular flexibility index (Phi) is 6.73. The molecule has 0 amide bonds. The van der Waals surface area contributed by atoms with Gasteiger partial charge in [0.25, 0.3) is 0 Å². The van der Waals surface area contributed by atoms with Crippen LogP contribution in [0.5, 0.6) is 0 Å². The zero-order valence-electron chi connectivity index (χ0n) is 18.0. The second-order valence-electron chi connectivity index (χ2n) is 7.66. The third-order valence-corrected chi connectivity index (χ3v) is 5.69. The molecule has 2 aromatic carbocycles. The van der Waals surface area contributed by atoms with Gasteiger partial charge in [-0.25, -0.2) is 0 Å². The van der Waals surface area contributed by atoms with E-state index < -0.39 is 0 Å². The number of hydrogen-bond donors (Lipinski definition) is 0. The first kappa shape index (κ1) is 20.7. The van der Waals surface area contributed by atoms with Gasteiger partial charge in [0.2, 0.25) is 0 Å². The van der Waals surface area contributed by atoms with E-state index in [1.807, 2.05) is 13.0 Å². The Hall–Kier alpha value is -3.04. The molecule has 0 spiro atoms. The maximum Gasteiger partial charge on any atom is 0.00545 e. The van der Waals surface area contributed by atoms with Crippen molar-refractivity contribution >= 4 is 29.0 Å². The fourth-order valence-corrected chi connectivity index (χ4v) is 3.80. The average molecular weight is 379 g/mol. The first-order valence-corrected chi connectivity index (χ1v) is 10.5. The highest BCUT2D eigenvalue weighted by Crippen LogP contribution is 2.25. The van der Waals surface area contributed by atoms with Gasteiger partial charge >= 0.3 is 0 Å². The lowest BCUT2D eigenvalue weighted by Crippen LogP contribution is -2.27. The minimum absolute atomic E-state index is 0.464. The summed E-state index contributed by atoms with van der Waals surface area (Å²) >= 11 is 0. The maximum atomic E-state index is 3.73. The summed E-state index contributed by atoms with van der Waals surface area (Å²) in [5, 5.41) is 5.26. The van der Waals surface area contributed by atoms with Crippen LogP contribution in [0.3, 0.4) is 0 Å². The molecule has 0 heterocycles. The molecular formula is C29H30. The molecule has 0 radical (unpaired) electrons. The summed E-state index contributed by atoms with van der Waals surface area (Å²) in [4.78, 5) is 0. The molecule has 0 heteroatoms. The molecule has 2 aromatic rings. The lowest BCUT2D eigenvalue weighted by Gasteiger charge is -2.13. The molecule has 0 aromatic heterocycles. The Morgan fingerprint density at radius 1 is 1.17 bits per heavy atom. The standard InChI is InChI=1S/C29H30/c1-6-9-10-12-23-14-17-26-25(19-23)15-18-28-27(26)16-13-22(5)29(28)20-24(11-7-2)21(4)8-3/h6,9-10,12-13,15-21H,1,8,14H2,2-5H3/b10-9-,23-12+,24-20-. The van der Waals surface area contributed by atoms with Crippen LogP contribution in [0.4, 0.5) is 0 Å². The summed E-state index contributed by atoms with van der Waals surface area (Å²) in [6.07, 6.45) is 17.0. The highest BCUT2D eigenvalue weighted by atomic mass is 14.1. The smallest absolute Gasteiger partial charge is 0.00545 e. The highest BCUT2D eigenvalue weighted by molar-refractivity contribution is 5.94. The summed E-state index contributed by atoms with van der Waals surface area (Å²) in [7, 11) is 0. The van der Waals surface area contributed by atoms with Crippen molar-refractivity contribution in [2.45, 2.75) is 40.5 Å². The lowest BCUT2D eigenvalue weighted by atomic mass is 9.90. The van der Waals surface area contributed by atoms with Gasteiger partial charge in [-0.15, -0.1) is 5.92 Å². The van der Waals surface area contributed by atoms with Crippen molar-refractivity contribution in [2.75, 3.05) is 0 Å². The predicted molar refractivity (Wildman–Crippen MR) is 130 cm³/mol. The van der Waals surface area contributed by atoms with Crippen LogP contribution in [0, 0.1) is 24.7 Å². The first-order valence-electron chi connectivity index (χ1n) is 10.5. The van der Waals surface area contributed by atoms with Gasteiger partial charge in [0.05, 0.1) is 0 Å². The Balaban J connectivity index is 2.22. The van der Waals surface area contributed by atoms with Crippen LogP contribution >= 0.6 is 0 Å². The molecule has 0 aliphatic heterocycles. The second kappa shape index (κ2) is 9.44. The van der Waals surface area contributed by atoms with Crippen molar-refractivity contribution in [1.29, 1.82) is 0 Å². The third-order valence-electron chi connectivity index (χ3n) is 5.69. The van der Waals surface area contributed by atoms with Gasteiger partial charge in [-0.2, -0.15) is 0 Å². The molecule has 3 rings (SSSR count). The van der Waals surface area contributed by atoms with E-state index in [1.165, 1.54) is 43.5 Å². The summed E-state index contributed by atoms with van der Waals surface area (Å²) < 4.78 is 0. The van der Waals surface area contributed by atoms with Gasteiger partial charge in [0, 0.05) is 5.57 Å². The molecule has 0 nitrogen and oxygen atoms in total. The lowest BCUT2D eigenvalue weighted by molar-refractivity contribution is 0.679. The Labute approximate surface area is 175 Å². The van der Waals surface area contributed by atoms with E-state index in [1.54, 1.807) is 6.08 Å². The van der Waals surface area contributed by atoms with Crippen molar-refractivity contribution in [3.05, 3.63) is 87.9 Å². The Bertz CT molecular complexity index is 1200. The highest BCUT2D eigenvalue weighted by Gasteiger charge is 2.10. The second-order valence-corrected chi connectivity index (χ2v) is 7.66. The van der Waals surface area contributed by atoms with E-state index >= 15 is 0 Å². The molecule has 0 N–H and O–H groups in total. The van der Waals surface area contributed by atoms with Gasteiger partial charge in [0.15, 0.2) is 0 Å². The third kappa shape index (κ3) is 4.52. The van der Waals surface area contributed by atoms with E-state index in [2.05, 4.69) is 93.8 Å². The number of benzene rings is 2. The molecular weight excluding hydrogens is 348 g/mol. The SMILES string of the molecule is C=C/C=C\C=C1\C=c2ccc3c(/C=C(/C#CC)C(C)CC)c(C)ccc3c2=CC1. The van der Waals surface area contributed by atoms with Crippen LogP contribution in [-0.2, 0) is 0 Å². The van der Waals surface area contributed by atoms with Crippen LogP contribution in [0.1, 0.15) is 44.7 Å². The Morgan fingerprint density at radius 3 is 2.69 bits per heavy atom. The van der Waals surface area contributed by atoms with Crippen LogP contribution < -0.4 is 10.4 Å². The molecule has 0 bridgehead atoms.